The maximum absolute atomic E-state index is 11.8. The molecule has 2 rings (SSSR count). The Morgan fingerprint density at radius 1 is 1.05 bits per heavy atom. The first-order valence-electron chi connectivity index (χ1n) is 6.28. The number of hydrogen-bond acceptors (Lipinski definition) is 5. The maximum atomic E-state index is 11.8. The van der Waals surface area contributed by atoms with Crippen LogP contribution in [0.15, 0.2) is 4.99 Å². The summed E-state index contributed by atoms with van der Waals surface area (Å²) in [4.78, 5) is 38.3. The molecule has 2 aliphatic rings. The Kier molecular flexibility index (Phi) is 10.3. The maximum Gasteiger partial charge on any atom is 1.00 e. The zero-order valence-electron chi connectivity index (χ0n) is 12.9. The summed E-state index contributed by atoms with van der Waals surface area (Å²) in [5.74, 6) is -5.79. The number of primary amides is 2. The number of rotatable bonds is 2. The van der Waals surface area contributed by atoms with Gasteiger partial charge in [-0.2, -0.15) is 0 Å². The SMILES string of the molecule is NC(=O)C1C(=O)N=C([O-])C(C(N)=O)C12CCCCC2.[Na+].[Na+].[OH-]. The molecular weight excluding hydrogens is 312 g/mol. The summed E-state index contributed by atoms with van der Waals surface area (Å²) >= 11 is 0. The van der Waals surface area contributed by atoms with Crippen LogP contribution < -0.4 is 75.7 Å². The normalized spacial score (nSPS) is 25.8. The zero-order valence-corrected chi connectivity index (χ0v) is 16.9. The molecule has 1 aliphatic carbocycles. The van der Waals surface area contributed by atoms with Gasteiger partial charge in [0.05, 0.1) is 5.92 Å². The van der Waals surface area contributed by atoms with Gasteiger partial charge >= 0.3 is 59.1 Å². The molecule has 0 saturated heterocycles. The summed E-state index contributed by atoms with van der Waals surface area (Å²) < 4.78 is 0. The summed E-state index contributed by atoms with van der Waals surface area (Å²) in [5, 5.41) is 11.8. The van der Waals surface area contributed by atoms with Crippen molar-refractivity contribution in [1.29, 1.82) is 0 Å². The molecule has 10 heteroatoms. The van der Waals surface area contributed by atoms with Gasteiger partial charge in [-0.1, -0.05) is 19.3 Å². The van der Waals surface area contributed by atoms with E-state index in [9.17, 15) is 19.5 Å². The van der Waals surface area contributed by atoms with E-state index in [1.807, 2.05) is 0 Å². The van der Waals surface area contributed by atoms with Gasteiger partial charge in [0.15, 0.2) is 0 Å². The quantitative estimate of drug-likeness (QED) is 0.378. The van der Waals surface area contributed by atoms with E-state index in [1.165, 1.54) is 0 Å². The van der Waals surface area contributed by atoms with Crippen LogP contribution in [-0.2, 0) is 14.4 Å². The van der Waals surface area contributed by atoms with Gasteiger partial charge in [-0.05, 0) is 18.7 Å². The summed E-state index contributed by atoms with van der Waals surface area (Å²) in [6, 6.07) is 0. The molecule has 0 bridgehead atoms. The van der Waals surface area contributed by atoms with Crippen molar-refractivity contribution < 1.29 is 84.1 Å². The van der Waals surface area contributed by atoms with Crippen LogP contribution in [0.25, 0.3) is 0 Å². The Labute approximate surface area is 172 Å². The summed E-state index contributed by atoms with van der Waals surface area (Å²) in [5.41, 5.74) is 9.51. The molecule has 0 aromatic heterocycles. The van der Waals surface area contributed by atoms with Gasteiger partial charge in [-0.25, -0.2) is 4.99 Å². The molecule has 112 valence electrons. The third-order valence-electron chi connectivity index (χ3n) is 4.22. The van der Waals surface area contributed by atoms with Crippen LogP contribution in [-0.4, -0.2) is 29.1 Å². The first kappa shape index (κ1) is 24.3. The van der Waals surface area contributed by atoms with Gasteiger partial charge in [-0.15, -0.1) is 0 Å². The van der Waals surface area contributed by atoms with Crippen LogP contribution in [0.5, 0.6) is 0 Å². The molecule has 2 atom stereocenters. The van der Waals surface area contributed by atoms with E-state index >= 15 is 0 Å². The van der Waals surface area contributed by atoms with Crippen LogP contribution in [0.2, 0.25) is 0 Å². The first-order valence-corrected chi connectivity index (χ1v) is 6.28. The fraction of sp³-hybridized carbons (Fsp3) is 0.667. The predicted molar refractivity (Wildman–Crippen MR) is 65.3 cm³/mol. The standard InChI is InChI=1S/C12H17N3O4.2Na.H2O/c13-8(16)6-10(18)15-11(19)7(9(14)17)12(6)4-2-1-3-5-12;;;/h6-7H,1-5H2,(H2,13,16)(H2,14,17)(H,15,18,19);;;1H2/q;2*+1;/p-2. The van der Waals surface area contributed by atoms with Gasteiger partial charge in [0.2, 0.25) is 11.8 Å². The number of nitrogens with two attached hydrogens (primary N) is 2. The first-order chi connectivity index (χ1) is 8.90. The predicted octanol–water partition coefficient (Wildman–Crippen LogP) is -7.73. The minimum atomic E-state index is -1.22. The van der Waals surface area contributed by atoms with E-state index in [-0.39, 0.29) is 64.6 Å². The molecular formula is C12H17N3Na2O5. The van der Waals surface area contributed by atoms with Crippen molar-refractivity contribution >= 4 is 23.6 Å². The second kappa shape index (κ2) is 9.36. The van der Waals surface area contributed by atoms with Gasteiger partial charge < -0.3 is 22.1 Å². The summed E-state index contributed by atoms with van der Waals surface area (Å²) in [6.07, 6.45) is 3.23. The number of hydrogen-bond donors (Lipinski definition) is 2. The van der Waals surface area contributed by atoms with Crippen molar-refractivity contribution in [2.45, 2.75) is 32.1 Å². The zero-order chi connectivity index (χ0) is 14.2. The molecule has 3 amide bonds. The fourth-order valence-corrected chi connectivity index (χ4v) is 3.49. The number of nitrogens with zero attached hydrogens (tertiary/aromatic N) is 1. The molecule has 1 aliphatic heterocycles. The van der Waals surface area contributed by atoms with Gasteiger partial charge in [0, 0.05) is 5.41 Å². The molecule has 1 heterocycles. The molecule has 8 nitrogen and oxygen atoms in total. The number of aliphatic imine (C=N–C) groups is 1. The van der Waals surface area contributed by atoms with Crippen molar-refractivity contribution in [2.75, 3.05) is 0 Å². The minimum Gasteiger partial charge on any atom is -0.870 e. The van der Waals surface area contributed by atoms with Gasteiger partial charge in [0.25, 0.3) is 5.91 Å². The fourth-order valence-electron chi connectivity index (χ4n) is 3.49. The smallest absolute Gasteiger partial charge is 0.870 e. The number of amides is 3. The number of carbonyl (C=O) groups excluding carboxylic acids is 3. The average molecular weight is 329 g/mol. The number of carbonyl (C=O) groups is 3. The molecule has 5 N–H and O–H groups in total. The molecule has 0 radical (unpaired) electrons. The van der Waals surface area contributed by atoms with Crippen LogP contribution in [0.3, 0.4) is 0 Å². The summed E-state index contributed by atoms with van der Waals surface area (Å²) in [6.45, 7) is 0. The Morgan fingerprint density at radius 2 is 1.50 bits per heavy atom. The molecule has 22 heavy (non-hydrogen) atoms. The van der Waals surface area contributed by atoms with Crippen molar-refractivity contribution in [1.82, 2.24) is 0 Å². The van der Waals surface area contributed by atoms with Crippen molar-refractivity contribution in [2.24, 2.45) is 33.7 Å². The third kappa shape index (κ3) is 4.11. The third-order valence-corrected chi connectivity index (χ3v) is 4.22. The molecule has 2 unspecified atom stereocenters. The largest absolute Gasteiger partial charge is 1.00 e. The Balaban J connectivity index is 0. The van der Waals surface area contributed by atoms with E-state index in [0.717, 1.165) is 19.3 Å². The van der Waals surface area contributed by atoms with Gasteiger partial charge in [0.1, 0.15) is 5.92 Å². The van der Waals surface area contributed by atoms with Crippen LogP contribution in [0.1, 0.15) is 32.1 Å². The van der Waals surface area contributed by atoms with Crippen LogP contribution in [0, 0.1) is 17.3 Å². The van der Waals surface area contributed by atoms with E-state index in [2.05, 4.69) is 4.99 Å². The topological polar surface area (TPSA) is 169 Å². The van der Waals surface area contributed by atoms with Gasteiger partial charge in [-0.3, -0.25) is 14.4 Å². The minimum absolute atomic E-state index is 0. The van der Waals surface area contributed by atoms with E-state index in [1.54, 1.807) is 0 Å². The van der Waals surface area contributed by atoms with Crippen molar-refractivity contribution in [3.05, 3.63) is 0 Å². The molecule has 1 saturated carbocycles. The van der Waals surface area contributed by atoms with E-state index in [4.69, 9.17) is 11.5 Å². The Morgan fingerprint density at radius 3 is 1.91 bits per heavy atom. The second-order valence-electron chi connectivity index (χ2n) is 5.25. The second-order valence-corrected chi connectivity index (χ2v) is 5.25. The molecule has 1 fully saturated rings. The van der Waals surface area contributed by atoms with E-state index in [0.29, 0.717) is 12.8 Å². The Bertz CT molecular complexity index is 477. The molecule has 0 aromatic rings. The average Bonchev–Trinajstić information content (AvgIpc) is 2.27. The molecule has 1 spiro atoms. The van der Waals surface area contributed by atoms with Crippen molar-refractivity contribution in [3.63, 3.8) is 0 Å². The van der Waals surface area contributed by atoms with E-state index < -0.39 is 40.9 Å². The van der Waals surface area contributed by atoms with Crippen molar-refractivity contribution in [3.8, 4) is 0 Å². The Hall–Kier alpha value is 0.0400. The van der Waals surface area contributed by atoms with Crippen LogP contribution >= 0.6 is 0 Å². The summed E-state index contributed by atoms with van der Waals surface area (Å²) in [7, 11) is 0. The molecule has 0 aromatic carbocycles. The monoisotopic (exact) mass is 329 g/mol. The van der Waals surface area contributed by atoms with Crippen LogP contribution in [0.4, 0.5) is 0 Å².